The summed E-state index contributed by atoms with van der Waals surface area (Å²) < 4.78 is 5.09. The predicted octanol–water partition coefficient (Wildman–Crippen LogP) is 1.38. The number of ether oxygens (including phenoxy) is 1. The van der Waals surface area contributed by atoms with Crippen molar-refractivity contribution in [3.8, 4) is 0 Å². The van der Waals surface area contributed by atoms with Crippen molar-refractivity contribution in [2.45, 2.75) is 45.3 Å². The van der Waals surface area contributed by atoms with Gasteiger partial charge in [-0.25, -0.2) is 0 Å². The number of rotatable bonds is 6. The first-order valence-electron chi connectivity index (χ1n) is 6.07. The van der Waals surface area contributed by atoms with Crippen LogP contribution in [0.25, 0.3) is 0 Å². The quantitative estimate of drug-likeness (QED) is 0.699. The van der Waals surface area contributed by atoms with Crippen LogP contribution in [-0.2, 0) is 9.53 Å². The summed E-state index contributed by atoms with van der Waals surface area (Å²) >= 11 is 0. The van der Waals surface area contributed by atoms with Gasteiger partial charge in [0, 0.05) is 19.7 Å². The molecule has 1 saturated heterocycles. The highest BCUT2D eigenvalue weighted by Crippen LogP contribution is 2.26. The van der Waals surface area contributed by atoms with E-state index >= 15 is 0 Å². The summed E-state index contributed by atoms with van der Waals surface area (Å²) in [6.07, 6.45) is 4.27. The molecule has 0 aromatic rings. The molecule has 0 aliphatic carbocycles. The Morgan fingerprint density at radius 2 is 2.06 bits per heavy atom. The molecule has 4 nitrogen and oxygen atoms in total. The molecule has 0 aromatic heterocycles. The second-order valence-electron chi connectivity index (χ2n) is 4.96. The molecule has 1 aliphatic rings. The maximum Gasteiger partial charge on any atom is 0.294 e. The Balaban J connectivity index is 2.33. The number of nitrogens with zero attached hydrogens (tertiary/aromatic N) is 1. The summed E-state index contributed by atoms with van der Waals surface area (Å²) in [5.74, 6) is 0.718. The fourth-order valence-corrected chi connectivity index (χ4v) is 2.33. The molecule has 0 spiro atoms. The maximum absolute atomic E-state index is 10.4. The fraction of sp³-hybridized carbons (Fsp3) is 0.917. The topological polar surface area (TPSA) is 49.8 Å². The zero-order valence-electron chi connectivity index (χ0n) is 10.3. The molecule has 1 rings (SSSR count). The minimum Gasteiger partial charge on any atom is -0.446 e. The number of carbonyl (C=O) groups excluding carboxylic acids is 1. The van der Waals surface area contributed by atoms with Crippen LogP contribution >= 0.6 is 0 Å². The second-order valence-corrected chi connectivity index (χ2v) is 4.96. The Labute approximate surface area is 97.6 Å². The number of aliphatic hydroxyl groups is 1. The Bertz CT molecular complexity index is 210. The average molecular weight is 229 g/mol. The average Bonchev–Trinajstić information content (AvgIpc) is 2.27. The normalized spacial score (nSPS) is 19.7. The van der Waals surface area contributed by atoms with Crippen molar-refractivity contribution < 1.29 is 14.6 Å². The highest BCUT2D eigenvalue weighted by Gasteiger charge is 2.31. The third kappa shape index (κ3) is 3.76. The van der Waals surface area contributed by atoms with Gasteiger partial charge in [-0.15, -0.1) is 0 Å². The summed E-state index contributed by atoms with van der Waals surface area (Å²) in [5.41, 5.74) is -0.482. The lowest BCUT2D eigenvalue weighted by Gasteiger charge is -2.41. The van der Waals surface area contributed by atoms with Crippen LogP contribution in [0.1, 0.15) is 39.5 Å². The lowest BCUT2D eigenvalue weighted by atomic mass is 9.91. The van der Waals surface area contributed by atoms with Gasteiger partial charge < -0.3 is 9.84 Å². The molecule has 1 fully saturated rings. The molecule has 0 aromatic carbocycles. The highest BCUT2D eigenvalue weighted by atomic mass is 16.6. The number of hydrogen-bond acceptors (Lipinski definition) is 4. The molecule has 0 atom stereocenters. The van der Waals surface area contributed by atoms with E-state index in [9.17, 15) is 4.79 Å². The van der Waals surface area contributed by atoms with E-state index in [4.69, 9.17) is 9.84 Å². The first-order chi connectivity index (χ1) is 7.60. The van der Waals surface area contributed by atoms with Crippen molar-refractivity contribution in [1.82, 2.24) is 4.90 Å². The van der Waals surface area contributed by atoms with Crippen molar-refractivity contribution in [3.05, 3.63) is 0 Å². The van der Waals surface area contributed by atoms with Gasteiger partial charge in [0.2, 0.25) is 0 Å². The van der Waals surface area contributed by atoms with Gasteiger partial charge in [0.25, 0.3) is 6.47 Å². The van der Waals surface area contributed by atoms with Gasteiger partial charge in [-0.1, -0.05) is 0 Å². The lowest BCUT2D eigenvalue weighted by Crippen LogP contribution is -2.49. The first-order valence-corrected chi connectivity index (χ1v) is 6.07. The Morgan fingerprint density at radius 3 is 2.56 bits per heavy atom. The Hall–Kier alpha value is -0.610. The molecule has 0 radical (unpaired) electrons. The number of piperidine rings is 1. The standard InChI is InChI=1S/C12H23NO3/c1-12(2,16-10-15)13-7-5-11(6-8-13)4-3-9-14/h10-11,14H,3-9H2,1-2H3. The predicted molar refractivity (Wildman–Crippen MR) is 61.8 cm³/mol. The van der Waals surface area contributed by atoms with Crippen LogP contribution in [0, 0.1) is 5.92 Å². The monoisotopic (exact) mass is 229 g/mol. The Kier molecular flexibility index (Phi) is 5.22. The third-order valence-corrected chi connectivity index (χ3v) is 3.48. The number of hydrogen-bond donors (Lipinski definition) is 1. The van der Waals surface area contributed by atoms with Crippen molar-refractivity contribution in [3.63, 3.8) is 0 Å². The van der Waals surface area contributed by atoms with Gasteiger partial charge in [0.05, 0.1) is 0 Å². The van der Waals surface area contributed by atoms with E-state index in [1.54, 1.807) is 0 Å². The fourth-order valence-electron chi connectivity index (χ4n) is 2.33. The molecule has 1 aliphatic heterocycles. The van der Waals surface area contributed by atoms with Gasteiger partial charge in [-0.05, 0) is 45.4 Å². The minimum absolute atomic E-state index is 0.292. The van der Waals surface area contributed by atoms with Crippen LogP contribution in [-0.4, -0.2) is 41.9 Å². The van der Waals surface area contributed by atoms with E-state index in [0.29, 0.717) is 13.1 Å². The van der Waals surface area contributed by atoms with Crippen molar-refractivity contribution >= 4 is 6.47 Å². The van der Waals surface area contributed by atoms with Crippen molar-refractivity contribution in [1.29, 1.82) is 0 Å². The van der Waals surface area contributed by atoms with Crippen LogP contribution in [0.4, 0.5) is 0 Å². The van der Waals surface area contributed by atoms with Crippen molar-refractivity contribution in [2.75, 3.05) is 19.7 Å². The van der Waals surface area contributed by atoms with Crippen molar-refractivity contribution in [2.24, 2.45) is 5.92 Å². The summed E-state index contributed by atoms with van der Waals surface area (Å²) in [7, 11) is 0. The second kappa shape index (κ2) is 6.21. The molecule has 0 bridgehead atoms. The molecule has 1 heterocycles. The largest absolute Gasteiger partial charge is 0.446 e. The molecule has 94 valence electrons. The molecule has 0 amide bonds. The Morgan fingerprint density at radius 1 is 1.44 bits per heavy atom. The van der Waals surface area contributed by atoms with Crippen LogP contribution in [0.3, 0.4) is 0 Å². The zero-order valence-corrected chi connectivity index (χ0v) is 10.3. The summed E-state index contributed by atoms with van der Waals surface area (Å²) in [6.45, 7) is 6.61. The highest BCUT2D eigenvalue weighted by molar-refractivity contribution is 5.38. The molecule has 0 unspecified atom stereocenters. The van der Waals surface area contributed by atoms with Crippen LogP contribution < -0.4 is 0 Å². The number of likely N-dealkylation sites (tertiary alicyclic amines) is 1. The van der Waals surface area contributed by atoms with E-state index in [1.807, 2.05) is 13.8 Å². The minimum atomic E-state index is -0.482. The van der Waals surface area contributed by atoms with E-state index in [-0.39, 0.29) is 0 Å². The van der Waals surface area contributed by atoms with E-state index in [2.05, 4.69) is 4.90 Å². The SMILES string of the molecule is CC(C)(OC=O)N1CCC(CCCO)CC1. The molecule has 4 heteroatoms. The number of aliphatic hydroxyl groups excluding tert-OH is 1. The van der Waals surface area contributed by atoms with Gasteiger partial charge in [-0.3, -0.25) is 9.69 Å². The van der Waals surface area contributed by atoms with Crippen LogP contribution in [0.2, 0.25) is 0 Å². The van der Waals surface area contributed by atoms with E-state index < -0.39 is 5.72 Å². The smallest absolute Gasteiger partial charge is 0.294 e. The zero-order chi connectivity index (χ0) is 12.0. The van der Waals surface area contributed by atoms with Crippen LogP contribution in [0.5, 0.6) is 0 Å². The van der Waals surface area contributed by atoms with E-state index in [1.165, 1.54) is 0 Å². The molecule has 16 heavy (non-hydrogen) atoms. The molecule has 0 saturated carbocycles. The summed E-state index contributed by atoms with van der Waals surface area (Å²) in [4.78, 5) is 12.6. The molecular weight excluding hydrogens is 206 g/mol. The van der Waals surface area contributed by atoms with Gasteiger partial charge in [0.15, 0.2) is 5.72 Å². The van der Waals surface area contributed by atoms with Gasteiger partial charge >= 0.3 is 0 Å². The summed E-state index contributed by atoms with van der Waals surface area (Å²) in [5, 5.41) is 8.78. The number of carbonyl (C=O) groups is 1. The third-order valence-electron chi connectivity index (χ3n) is 3.48. The van der Waals surface area contributed by atoms with Gasteiger partial charge in [-0.2, -0.15) is 0 Å². The summed E-state index contributed by atoms with van der Waals surface area (Å²) in [6, 6.07) is 0. The van der Waals surface area contributed by atoms with E-state index in [0.717, 1.165) is 44.7 Å². The van der Waals surface area contributed by atoms with Crippen LogP contribution in [0.15, 0.2) is 0 Å². The lowest BCUT2D eigenvalue weighted by molar-refractivity contribution is -0.164. The first kappa shape index (κ1) is 13.5. The molecular formula is C12H23NO3. The molecule has 1 N–H and O–H groups in total. The maximum atomic E-state index is 10.4. The van der Waals surface area contributed by atoms with Gasteiger partial charge in [0.1, 0.15) is 0 Å².